The number of azo groups is 3. The van der Waals surface area contributed by atoms with Gasteiger partial charge in [-0.2, -0.15) is 10.2 Å². The van der Waals surface area contributed by atoms with Gasteiger partial charge < -0.3 is 25.5 Å². The molecule has 0 atom stereocenters. The molecule has 4 aromatic rings. The van der Waals surface area contributed by atoms with Crippen LogP contribution in [-0.2, 0) is 0 Å². The maximum absolute atomic E-state index is 11.9. The fourth-order valence-corrected chi connectivity index (χ4v) is 3.58. The van der Waals surface area contributed by atoms with E-state index in [2.05, 4.69) is 30.7 Å². The summed E-state index contributed by atoms with van der Waals surface area (Å²) >= 11 is 0. The second kappa shape index (κ2) is 11.8. The predicted molar refractivity (Wildman–Crippen MR) is 147 cm³/mol. The largest absolute Gasteiger partial charge is 0.505 e. The van der Waals surface area contributed by atoms with Gasteiger partial charge in [0.15, 0.2) is 0 Å². The summed E-state index contributed by atoms with van der Waals surface area (Å²) in [6.45, 7) is 3.53. The molecule has 0 unspecified atom stereocenters. The Morgan fingerprint density at radius 3 is 1.73 bits per heavy atom. The molecule has 13 nitrogen and oxygen atoms in total. The van der Waals surface area contributed by atoms with Gasteiger partial charge in [-0.3, -0.25) is 0 Å². The van der Waals surface area contributed by atoms with Gasteiger partial charge in [-0.05, 0) is 73.5 Å². The van der Waals surface area contributed by atoms with Crippen molar-refractivity contribution >= 4 is 46.1 Å². The molecule has 0 radical (unpaired) electrons. The van der Waals surface area contributed by atoms with Gasteiger partial charge in [-0.15, -0.1) is 20.5 Å². The van der Waals surface area contributed by atoms with Crippen molar-refractivity contribution in [3.63, 3.8) is 0 Å². The topological polar surface area (TPSA) is 209 Å². The summed E-state index contributed by atoms with van der Waals surface area (Å²) in [6, 6.07) is 15.2. The van der Waals surface area contributed by atoms with Gasteiger partial charge in [0.05, 0.1) is 22.5 Å². The number of rotatable bonds is 8. The molecule has 0 saturated heterocycles. The van der Waals surface area contributed by atoms with Gasteiger partial charge >= 0.3 is 11.9 Å². The highest BCUT2D eigenvalue weighted by Gasteiger charge is 2.13. The zero-order valence-electron chi connectivity index (χ0n) is 21.6. The highest BCUT2D eigenvalue weighted by atomic mass is 16.4. The first-order valence-corrected chi connectivity index (χ1v) is 11.8. The molecular weight excluding hydrogens is 532 g/mol. The molecule has 0 aliphatic carbocycles. The molecule has 0 bridgehead atoms. The number of aryl methyl sites for hydroxylation is 2. The number of nitrogens with zero attached hydrogens (tertiary/aromatic N) is 6. The summed E-state index contributed by atoms with van der Waals surface area (Å²) < 4.78 is 0. The number of aromatic hydroxyl groups is 3. The van der Waals surface area contributed by atoms with Crippen LogP contribution in [-0.4, -0.2) is 37.5 Å². The number of aromatic carboxylic acids is 2. The minimum atomic E-state index is -1.32. The van der Waals surface area contributed by atoms with E-state index in [-0.39, 0.29) is 45.3 Å². The van der Waals surface area contributed by atoms with Gasteiger partial charge in [0.1, 0.15) is 40.0 Å². The van der Waals surface area contributed by atoms with Crippen molar-refractivity contribution in [2.75, 3.05) is 0 Å². The third-order valence-electron chi connectivity index (χ3n) is 5.63. The van der Waals surface area contributed by atoms with Crippen LogP contribution in [0, 0.1) is 13.8 Å². The summed E-state index contributed by atoms with van der Waals surface area (Å²) in [5.74, 6) is -3.33. The van der Waals surface area contributed by atoms with E-state index in [0.29, 0.717) is 11.3 Å². The SMILES string of the molecule is Cc1cc(C)c(O)c(N=Nc2cc(N=Nc3ccc(N=Nc4ccc(C(=O)O)cc4)cc3C(=O)O)c(O)cc2O)c1. The van der Waals surface area contributed by atoms with Crippen LogP contribution >= 0.6 is 0 Å². The number of phenols is 3. The number of carboxylic acid groups (broad SMARTS) is 2. The van der Waals surface area contributed by atoms with Gasteiger partial charge in [0, 0.05) is 12.1 Å². The molecule has 0 spiro atoms. The maximum atomic E-state index is 11.9. The van der Waals surface area contributed by atoms with Crippen LogP contribution in [0.4, 0.5) is 34.1 Å². The zero-order chi connectivity index (χ0) is 29.7. The van der Waals surface area contributed by atoms with Crippen LogP contribution in [0.2, 0.25) is 0 Å². The minimum Gasteiger partial charge on any atom is -0.505 e. The molecule has 13 heteroatoms. The summed E-state index contributed by atoms with van der Waals surface area (Å²) in [5.41, 5.74) is 1.73. The Balaban J connectivity index is 1.60. The summed E-state index contributed by atoms with van der Waals surface area (Å²) in [7, 11) is 0. The highest BCUT2D eigenvalue weighted by molar-refractivity contribution is 5.94. The van der Waals surface area contributed by atoms with Crippen molar-refractivity contribution in [3.8, 4) is 17.2 Å². The van der Waals surface area contributed by atoms with Crippen LogP contribution in [0.1, 0.15) is 31.8 Å². The van der Waals surface area contributed by atoms with Crippen molar-refractivity contribution in [2.45, 2.75) is 13.8 Å². The first-order chi connectivity index (χ1) is 19.5. The highest BCUT2D eigenvalue weighted by Crippen LogP contribution is 2.41. The second-order valence-electron chi connectivity index (χ2n) is 8.74. The van der Waals surface area contributed by atoms with E-state index in [1.807, 2.05) is 6.92 Å². The average molecular weight is 555 g/mol. The first kappa shape index (κ1) is 28.0. The lowest BCUT2D eigenvalue weighted by atomic mass is 10.1. The van der Waals surface area contributed by atoms with Crippen LogP contribution in [0.5, 0.6) is 17.2 Å². The third-order valence-corrected chi connectivity index (χ3v) is 5.63. The molecule has 5 N–H and O–H groups in total. The monoisotopic (exact) mass is 554 g/mol. The van der Waals surface area contributed by atoms with Crippen molar-refractivity contribution in [3.05, 3.63) is 89.0 Å². The lowest BCUT2D eigenvalue weighted by Crippen LogP contribution is -1.96. The molecule has 41 heavy (non-hydrogen) atoms. The molecule has 0 aliphatic heterocycles. The van der Waals surface area contributed by atoms with Gasteiger partial charge in [-0.25, -0.2) is 9.59 Å². The third kappa shape index (κ3) is 6.72. The Morgan fingerprint density at radius 1 is 0.561 bits per heavy atom. The van der Waals surface area contributed by atoms with Crippen molar-refractivity contribution in [1.29, 1.82) is 0 Å². The van der Waals surface area contributed by atoms with Crippen LogP contribution in [0.25, 0.3) is 0 Å². The smallest absolute Gasteiger partial charge is 0.338 e. The molecular formula is C28H22N6O7. The molecule has 206 valence electrons. The molecule has 4 rings (SSSR count). The summed E-state index contributed by atoms with van der Waals surface area (Å²) in [4.78, 5) is 22.8. The van der Waals surface area contributed by atoms with Crippen LogP contribution in [0.3, 0.4) is 0 Å². The van der Waals surface area contributed by atoms with Gasteiger partial charge in [0.2, 0.25) is 0 Å². The summed E-state index contributed by atoms with van der Waals surface area (Å²) in [6.07, 6.45) is 0. The lowest BCUT2D eigenvalue weighted by molar-refractivity contribution is 0.0686. The van der Waals surface area contributed by atoms with E-state index >= 15 is 0 Å². The second-order valence-corrected chi connectivity index (χ2v) is 8.74. The molecule has 0 heterocycles. The Bertz CT molecular complexity index is 1750. The normalized spacial score (nSPS) is 11.6. The van der Waals surface area contributed by atoms with E-state index in [1.54, 1.807) is 19.1 Å². The van der Waals surface area contributed by atoms with Crippen molar-refractivity contribution in [1.82, 2.24) is 0 Å². The minimum absolute atomic E-state index is 0.0573. The Labute approximate surface area is 232 Å². The Kier molecular flexibility index (Phi) is 8.08. The molecule has 0 fully saturated rings. The number of hydrogen-bond donors (Lipinski definition) is 5. The average Bonchev–Trinajstić information content (AvgIpc) is 2.93. The fourth-order valence-electron chi connectivity index (χ4n) is 3.58. The predicted octanol–water partition coefficient (Wildman–Crippen LogP) is 8.06. The summed E-state index contributed by atoms with van der Waals surface area (Å²) in [5, 5.41) is 73.1. The van der Waals surface area contributed by atoms with E-state index < -0.39 is 23.4 Å². The Morgan fingerprint density at radius 2 is 1.12 bits per heavy atom. The number of hydrogen-bond acceptors (Lipinski definition) is 11. The molecule has 0 amide bonds. The lowest BCUT2D eigenvalue weighted by Gasteiger charge is -2.05. The number of phenolic OH excluding ortho intramolecular Hbond substituents is 3. The molecule has 0 aromatic heterocycles. The van der Waals surface area contributed by atoms with Gasteiger partial charge in [0.25, 0.3) is 0 Å². The quantitative estimate of drug-likeness (QED) is 0.135. The molecule has 0 saturated carbocycles. The number of benzene rings is 4. The van der Waals surface area contributed by atoms with E-state index in [4.69, 9.17) is 5.11 Å². The molecule has 4 aromatic carbocycles. The Hall–Kier alpha value is -5.98. The van der Waals surface area contributed by atoms with Gasteiger partial charge in [-0.1, -0.05) is 6.07 Å². The number of carboxylic acids is 2. The van der Waals surface area contributed by atoms with Crippen molar-refractivity contribution in [2.24, 2.45) is 30.7 Å². The first-order valence-electron chi connectivity index (χ1n) is 11.8. The van der Waals surface area contributed by atoms with E-state index in [0.717, 1.165) is 11.6 Å². The maximum Gasteiger partial charge on any atom is 0.338 e. The van der Waals surface area contributed by atoms with E-state index in [1.165, 1.54) is 48.5 Å². The van der Waals surface area contributed by atoms with E-state index in [9.17, 15) is 30.0 Å². The molecule has 0 aliphatic rings. The van der Waals surface area contributed by atoms with Crippen LogP contribution < -0.4 is 0 Å². The van der Waals surface area contributed by atoms with Crippen molar-refractivity contribution < 1.29 is 35.1 Å². The fraction of sp³-hybridized carbons (Fsp3) is 0.0714. The zero-order valence-corrected chi connectivity index (χ0v) is 21.6. The standard InChI is InChI=1S/C28H22N6O7/c1-14-9-15(2)26(37)23(10-14)34-33-22-12-21(24(35)13-25(22)36)32-31-20-8-7-18(11-19(20)28(40)41)30-29-17-5-3-16(4-6-17)27(38)39/h3-13,35-37H,1-2H3,(H,38,39)(H,40,41). The van der Waals surface area contributed by atoms with Crippen LogP contribution in [0.15, 0.2) is 97.4 Å². The number of carbonyl (C=O) groups is 2.